The molecule has 0 aliphatic heterocycles. The molecule has 4 aromatic rings. The number of nitrogens with zero attached hydrogens (tertiary/aromatic N) is 2. The van der Waals surface area contributed by atoms with E-state index in [1.54, 1.807) is 6.92 Å². The molecule has 5 heteroatoms. The highest BCUT2D eigenvalue weighted by atomic mass is 16.5. The number of hydrogen-bond acceptors (Lipinski definition) is 3. The van der Waals surface area contributed by atoms with Crippen LogP contribution in [0.3, 0.4) is 0 Å². The predicted molar refractivity (Wildman–Crippen MR) is 106 cm³/mol. The lowest BCUT2D eigenvalue weighted by Gasteiger charge is -2.15. The SMILES string of the molecule is C[C@@H](Oc1ccccc1)C(=O)Nc1cccc2ccc(-n3cccc3)nc12. The molecule has 1 amide bonds. The summed E-state index contributed by atoms with van der Waals surface area (Å²) < 4.78 is 7.64. The van der Waals surface area contributed by atoms with E-state index in [1.165, 1.54) is 0 Å². The van der Waals surface area contributed by atoms with Crippen LogP contribution in [0.5, 0.6) is 5.75 Å². The maximum absolute atomic E-state index is 12.6. The molecule has 1 atom stereocenters. The highest BCUT2D eigenvalue weighted by molar-refractivity contribution is 6.02. The van der Waals surface area contributed by atoms with Crippen LogP contribution in [-0.4, -0.2) is 21.6 Å². The number of ether oxygens (including phenoxy) is 1. The minimum Gasteiger partial charge on any atom is -0.481 e. The standard InChI is InChI=1S/C22H19N3O2/c1-16(27-18-9-3-2-4-10-18)22(26)23-19-11-7-8-17-12-13-20(24-21(17)19)25-14-5-6-15-25/h2-16H,1H3,(H,23,26)/t16-/m1/s1. The van der Waals surface area contributed by atoms with E-state index >= 15 is 0 Å². The van der Waals surface area contributed by atoms with Gasteiger partial charge in [-0.1, -0.05) is 30.3 Å². The molecule has 0 saturated carbocycles. The second-order valence-corrected chi connectivity index (χ2v) is 6.20. The van der Waals surface area contributed by atoms with Gasteiger partial charge in [0.2, 0.25) is 0 Å². The van der Waals surface area contributed by atoms with E-state index in [0.29, 0.717) is 11.4 Å². The van der Waals surface area contributed by atoms with Crippen molar-refractivity contribution in [1.82, 2.24) is 9.55 Å². The van der Waals surface area contributed by atoms with Crippen molar-refractivity contribution in [1.29, 1.82) is 0 Å². The summed E-state index contributed by atoms with van der Waals surface area (Å²) in [7, 11) is 0. The average Bonchev–Trinajstić information content (AvgIpc) is 3.23. The number of anilines is 1. The molecule has 0 aliphatic carbocycles. The molecule has 2 aromatic carbocycles. The van der Waals surface area contributed by atoms with Crippen molar-refractivity contribution in [3.63, 3.8) is 0 Å². The van der Waals surface area contributed by atoms with Crippen molar-refractivity contribution < 1.29 is 9.53 Å². The zero-order valence-electron chi connectivity index (χ0n) is 14.9. The predicted octanol–water partition coefficient (Wildman–Crippen LogP) is 4.43. The van der Waals surface area contributed by atoms with Gasteiger partial charge >= 0.3 is 0 Å². The minimum absolute atomic E-state index is 0.223. The fraction of sp³-hybridized carbons (Fsp3) is 0.0909. The van der Waals surface area contributed by atoms with Gasteiger partial charge in [0.25, 0.3) is 5.91 Å². The largest absolute Gasteiger partial charge is 0.481 e. The van der Waals surface area contributed by atoms with Crippen molar-refractivity contribution in [3.05, 3.63) is 85.2 Å². The Balaban J connectivity index is 1.59. The first kappa shape index (κ1) is 16.8. The third kappa shape index (κ3) is 3.67. The smallest absolute Gasteiger partial charge is 0.265 e. The number of pyridine rings is 1. The quantitative estimate of drug-likeness (QED) is 0.575. The van der Waals surface area contributed by atoms with E-state index in [9.17, 15) is 4.79 Å². The van der Waals surface area contributed by atoms with Crippen LogP contribution in [0.4, 0.5) is 5.69 Å². The first-order valence-corrected chi connectivity index (χ1v) is 8.76. The van der Waals surface area contributed by atoms with Crippen molar-refractivity contribution in [2.75, 3.05) is 5.32 Å². The summed E-state index contributed by atoms with van der Waals surface area (Å²) in [6.45, 7) is 1.73. The van der Waals surface area contributed by atoms with Crippen LogP contribution in [0.1, 0.15) is 6.92 Å². The van der Waals surface area contributed by atoms with Gasteiger partial charge in [-0.3, -0.25) is 4.79 Å². The van der Waals surface area contributed by atoms with Gasteiger partial charge in [-0.25, -0.2) is 4.98 Å². The lowest BCUT2D eigenvalue weighted by atomic mass is 10.2. The molecule has 2 aromatic heterocycles. The molecule has 134 valence electrons. The topological polar surface area (TPSA) is 56.1 Å². The van der Waals surface area contributed by atoms with Crippen LogP contribution in [-0.2, 0) is 4.79 Å². The molecule has 0 aliphatic rings. The van der Waals surface area contributed by atoms with Gasteiger partial charge in [0.1, 0.15) is 11.6 Å². The van der Waals surface area contributed by atoms with E-state index in [1.807, 2.05) is 89.8 Å². The summed E-state index contributed by atoms with van der Waals surface area (Å²) in [6, 6.07) is 22.9. The number of nitrogens with one attached hydrogen (secondary N) is 1. The van der Waals surface area contributed by atoms with Gasteiger partial charge in [-0.2, -0.15) is 0 Å². The Labute approximate surface area is 157 Å². The Kier molecular flexibility index (Phi) is 4.58. The number of fused-ring (bicyclic) bond motifs is 1. The molecule has 1 N–H and O–H groups in total. The zero-order chi connectivity index (χ0) is 18.6. The van der Waals surface area contributed by atoms with Gasteiger partial charge < -0.3 is 14.6 Å². The third-order valence-electron chi connectivity index (χ3n) is 4.26. The van der Waals surface area contributed by atoms with E-state index in [2.05, 4.69) is 5.32 Å². The highest BCUT2D eigenvalue weighted by Crippen LogP contribution is 2.23. The van der Waals surface area contributed by atoms with Crippen LogP contribution in [0, 0.1) is 0 Å². The molecule has 27 heavy (non-hydrogen) atoms. The van der Waals surface area contributed by atoms with E-state index in [-0.39, 0.29) is 5.91 Å². The molecule has 5 nitrogen and oxygen atoms in total. The van der Waals surface area contributed by atoms with E-state index < -0.39 is 6.10 Å². The highest BCUT2D eigenvalue weighted by Gasteiger charge is 2.16. The lowest BCUT2D eigenvalue weighted by molar-refractivity contribution is -0.122. The molecule has 0 bridgehead atoms. The third-order valence-corrected chi connectivity index (χ3v) is 4.26. The summed E-state index contributed by atoms with van der Waals surface area (Å²) in [5.74, 6) is 1.23. The Morgan fingerprint density at radius 1 is 0.963 bits per heavy atom. The molecule has 2 heterocycles. The molecule has 0 spiro atoms. The van der Waals surface area contributed by atoms with E-state index in [4.69, 9.17) is 9.72 Å². The Morgan fingerprint density at radius 3 is 2.52 bits per heavy atom. The van der Waals surface area contributed by atoms with Crippen molar-refractivity contribution in [2.45, 2.75) is 13.0 Å². The summed E-state index contributed by atoms with van der Waals surface area (Å²) in [4.78, 5) is 17.3. The molecule has 0 unspecified atom stereocenters. The van der Waals surface area contributed by atoms with Gasteiger partial charge in [0.15, 0.2) is 6.10 Å². The Hall–Kier alpha value is -3.60. The van der Waals surface area contributed by atoms with Crippen LogP contribution < -0.4 is 10.1 Å². The molecular formula is C22H19N3O2. The maximum Gasteiger partial charge on any atom is 0.265 e. The molecular weight excluding hydrogens is 338 g/mol. The number of rotatable bonds is 5. The van der Waals surface area contributed by atoms with Crippen LogP contribution in [0.2, 0.25) is 0 Å². The van der Waals surface area contributed by atoms with Gasteiger partial charge in [-0.05, 0) is 49.4 Å². The van der Waals surface area contributed by atoms with Crippen LogP contribution in [0.15, 0.2) is 85.2 Å². The van der Waals surface area contributed by atoms with Gasteiger partial charge in [0, 0.05) is 17.8 Å². The average molecular weight is 357 g/mol. The number of carbonyl (C=O) groups excluding carboxylic acids is 1. The summed E-state index contributed by atoms with van der Waals surface area (Å²) in [5, 5.41) is 3.90. The maximum atomic E-state index is 12.6. The monoisotopic (exact) mass is 357 g/mol. The lowest BCUT2D eigenvalue weighted by Crippen LogP contribution is -2.30. The first-order chi connectivity index (χ1) is 13.2. The van der Waals surface area contributed by atoms with Gasteiger partial charge in [0.05, 0.1) is 11.2 Å². The van der Waals surface area contributed by atoms with Crippen LogP contribution in [0.25, 0.3) is 16.7 Å². The summed E-state index contributed by atoms with van der Waals surface area (Å²) in [5.41, 5.74) is 1.40. The van der Waals surface area contributed by atoms with Crippen molar-refractivity contribution in [2.24, 2.45) is 0 Å². The molecule has 4 rings (SSSR count). The first-order valence-electron chi connectivity index (χ1n) is 8.76. The zero-order valence-corrected chi connectivity index (χ0v) is 14.9. The van der Waals surface area contributed by atoms with Gasteiger partial charge in [-0.15, -0.1) is 0 Å². The minimum atomic E-state index is -0.629. The Bertz CT molecular complexity index is 1060. The number of amides is 1. The van der Waals surface area contributed by atoms with Crippen LogP contribution >= 0.6 is 0 Å². The second kappa shape index (κ2) is 7.33. The number of para-hydroxylation sites is 2. The number of carbonyl (C=O) groups is 1. The molecule has 0 saturated heterocycles. The molecule has 0 fully saturated rings. The Morgan fingerprint density at radius 2 is 1.74 bits per heavy atom. The number of aromatic nitrogens is 2. The number of benzene rings is 2. The fourth-order valence-corrected chi connectivity index (χ4v) is 2.86. The summed E-state index contributed by atoms with van der Waals surface area (Å²) in [6.07, 6.45) is 3.24. The second-order valence-electron chi connectivity index (χ2n) is 6.20. The van der Waals surface area contributed by atoms with Crippen molar-refractivity contribution >= 4 is 22.5 Å². The molecule has 0 radical (unpaired) electrons. The number of hydrogen-bond donors (Lipinski definition) is 1. The van der Waals surface area contributed by atoms with E-state index in [0.717, 1.165) is 16.7 Å². The van der Waals surface area contributed by atoms with Crippen molar-refractivity contribution in [3.8, 4) is 11.6 Å². The normalized spacial score (nSPS) is 11.9. The fourth-order valence-electron chi connectivity index (χ4n) is 2.86. The summed E-state index contributed by atoms with van der Waals surface area (Å²) >= 11 is 0.